The van der Waals surface area contributed by atoms with Crippen molar-refractivity contribution >= 4 is 17.6 Å². The summed E-state index contributed by atoms with van der Waals surface area (Å²) in [5.41, 5.74) is 6.63. The van der Waals surface area contributed by atoms with E-state index in [0.29, 0.717) is 12.5 Å². The summed E-state index contributed by atoms with van der Waals surface area (Å²) in [5.74, 6) is 0.465. The zero-order valence-electron chi connectivity index (χ0n) is 8.13. The zero-order chi connectivity index (χ0) is 10.4. The molecule has 0 saturated heterocycles. The number of guanidine groups is 1. The first-order valence-corrected chi connectivity index (χ1v) is 4.88. The van der Waals surface area contributed by atoms with Crippen LogP contribution in [0.5, 0.6) is 0 Å². The van der Waals surface area contributed by atoms with Crippen molar-refractivity contribution in [3.8, 4) is 0 Å². The van der Waals surface area contributed by atoms with Gasteiger partial charge < -0.3 is 11.1 Å². The molecule has 3 N–H and O–H groups in total. The summed E-state index contributed by atoms with van der Waals surface area (Å²) in [5, 5.41) is 3.65. The average molecular weight is 212 g/mol. The number of aliphatic imine (C=N–C) groups is 1. The van der Waals surface area contributed by atoms with Gasteiger partial charge in [0, 0.05) is 11.6 Å². The van der Waals surface area contributed by atoms with E-state index in [2.05, 4.69) is 10.3 Å². The first-order valence-electron chi connectivity index (χ1n) is 4.50. The second kappa shape index (κ2) is 5.50. The number of rotatable bonds is 3. The first kappa shape index (κ1) is 10.9. The van der Waals surface area contributed by atoms with Gasteiger partial charge in [-0.1, -0.05) is 23.7 Å². The van der Waals surface area contributed by atoms with Crippen LogP contribution in [0.4, 0.5) is 0 Å². The van der Waals surface area contributed by atoms with Gasteiger partial charge >= 0.3 is 0 Å². The quantitative estimate of drug-likeness (QED) is 0.592. The summed E-state index contributed by atoms with van der Waals surface area (Å²) >= 11 is 5.83. The van der Waals surface area contributed by atoms with Crippen molar-refractivity contribution in [1.82, 2.24) is 5.32 Å². The lowest BCUT2D eigenvalue weighted by atomic mass is 10.2. The Morgan fingerprint density at radius 3 is 3.00 bits per heavy atom. The van der Waals surface area contributed by atoms with Gasteiger partial charge in [-0.25, -0.2) is 4.99 Å². The van der Waals surface area contributed by atoms with Gasteiger partial charge in [-0.05, 0) is 24.6 Å². The molecule has 1 rings (SSSR count). The van der Waals surface area contributed by atoms with Crippen LogP contribution < -0.4 is 11.1 Å². The Bertz CT molecular complexity index is 323. The molecule has 76 valence electrons. The maximum absolute atomic E-state index is 5.83. The predicted octanol–water partition coefficient (Wildman–Crippen LogP) is 1.76. The molecule has 0 aromatic heterocycles. The molecule has 0 heterocycles. The van der Waals surface area contributed by atoms with Gasteiger partial charge in [0.05, 0.1) is 6.54 Å². The van der Waals surface area contributed by atoms with E-state index in [0.717, 1.165) is 17.1 Å². The topological polar surface area (TPSA) is 50.4 Å². The Balaban J connectivity index is 2.57. The third-order valence-corrected chi connectivity index (χ3v) is 1.91. The molecule has 0 aliphatic heterocycles. The van der Waals surface area contributed by atoms with E-state index in [-0.39, 0.29) is 0 Å². The van der Waals surface area contributed by atoms with E-state index < -0.39 is 0 Å². The predicted molar refractivity (Wildman–Crippen MR) is 60.5 cm³/mol. The minimum atomic E-state index is 0.465. The SMILES string of the molecule is CCNC(N)=NCc1cccc(Cl)c1. The van der Waals surface area contributed by atoms with E-state index in [1.165, 1.54) is 0 Å². The van der Waals surface area contributed by atoms with Crippen molar-refractivity contribution in [2.45, 2.75) is 13.5 Å². The highest BCUT2D eigenvalue weighted by molar-refractivity contribution is 6.30. The summed E-state index contributed by atoms with van der Waals surface area (Å²) in [6.45, 7) is 3.31. The lowest BCUT2D eigenvalue weighted by Gasteiger charge is -2.01. The Kier molecular flexibility index (Phi) is 4.26. The molecule has 0 bridgehead atoms. The van der Waals surface area contributed by atoms with Crippen molar-refractivity contribution in [2.75, 3.05) is 6.54 Å². The van der Waals surface area contributed by atoms with Crippen LogP contribution in [0, 0.1) is 0 Å². The smallest absolute Gasteiger partial charge is 0.188 e. The standard InChI is InChI=1S/C10H14ClN3/c1-2-13-10(12)14-7-8-4-3-5-9(11)6-8/h3-6H,2,7H2,1H3,(H3,12,13,14). The lowest BCUT2D eigenvalue weighted by Crippen LogP contribution is -2.31. The molecule has 0 saturated carbocycles. The minimum Gasteiger partial charge on any atom is -0.370 e. The van der Waals surface area contributed by atoms with Gasteiger partial charge in [-0.3, -0.25) is 0 Å². The average Bonchev–Trinajstić information content (AvgIpc) is 2.15. The molecule has 14 heavy (non-hydrogen) atoms. The molecule has 0 amide bonds. The molecule has 0 spiro atoms. The Labute approximate surface area is 89.0 Å². The fourth-order valence-corrected chi connectivity index (χ4v) is 1.26. The van der Waals surface area contributed by atoms with Crippen LogP contribution >= 0.6 is 11.6 Å². The largest absolute Gasteiger partial charge is 0.370 e. The normalized spacial score (nSPS) is 11.4. The molecule has 0 aliphatic rings. The van der Waals surface area contributed by atoms with Crippen LogP contribution in [-0.4, -0.2) is 12.5 Å². The number of benzene rings is 1. The molecule has 0 fully saturated rings. The number of nitrogens with two attached hydrogens (primary N) is 1. The van der Waals surface area contributed by atoms with Crippen LogP contribution in [0.15, 0.2) is 29.3 Å². The molecule has 1 aromatic carbocycles. The van der Waals surface area contributed by atoms with Crippen molar-refractivity contribution in [2.24, 2.45) is 10.7 Å². The molecule has 1 aromatic rings. The van der Waals surface area contributed by atoms with E-state index >= 15 is 0 Å². The van der Waals surface area contributed by atoms with Gasteiger partial charge in [-0.15, -0.1) is 0 Å². The van der Waals surface area contributed by atoms with Gasteiger partial charge in [0.1, 0.15) is 0 Å². The third-order valence-electron chi connectivity index (χ3n) is 1.68. The number of hydrogen-bond donors (Lipinski definition) is 2. The molecular formula is C10H14ClN3. The van der Waals surface area contributed by atoms with E-state index in [9.17, 15) is 0 Å². The summed E-state index contributed by atoms with van der Waals surface area (Å²) < 4.78 is 0. The Hall–Kier alpha value is -1.22. The van der Waals surface area contributed by atoms with Gasteiger partial charge in [0.25, 0.3) is 0 Å². The summed E-state index contributed by atoms with van der Waals surface area (Å²) in [6, 6.07) is 7.58. The Morgan fingerprint density at radius 2 is 2.36 bits per heavy atom. The molecule has 0 unspecified atom stereocenters. The molecular weight excluding hydrogens is 198 g/mol. The minimum absolute atomic E-state index is 0.465. The van der Waals surface area contributed by atoms with Gasteiger partial charge in [0.2, 0.25) is 0 Å². The maximum atomic E-state index is 5.83. The number of nitrogens with one attached hydrogen (secondary N) is 1. The molecule has 4 heteroatoms. The summed E-state index contributed by atoms with van der Waals surface area (Å²) in [7, 11) is 0. The fourth-order valence-electron chi connectivity index (χ4n) is 1.05. The Morgan fingerprint density at radius 1 is 1.57 bits per heavy atom. The van der Waals surface area contributed by atoms with Gasteiger partial charge in [-0.2, -0.15) is 0 Å². The van der Waals surface area contributed by atoms with Crippen LogP contribution in [0.25, 0.3) is 0 Å². The van der Waals surface area contributed by atoms with Crippen molar-refractivity contribution < 1.29 is 0 Å². The highest BCUT2D eigenvalue weighted by Gasteiger charge is 1.93. The monoisotopic (exact) mass is 211 g/mol. The van der Waals surface area contributed by atoms with E-state index in [1.807, 2.05) is 31.2 Å². The molecule has 0 radical (unpaired) electrons. The van der Waals surface area contributed by atoms with E-state index in [4.69, 9.17) is 17.3 Å². The van der Waals surface area contributed by atoms with Crippen LogP contribution in [0.3, 0.4) is 0 Å². The highest BCUT2D eigenvalue weighted by atomic mass is 35.5. The van der Waals surface area contributed by atoms with Crippen LogP contribution in [0.2, 0.25) is 5.02 Å². The molecule has 3 nitrogen and oxygen atoms in total. The van der Waals surface area contributed by atoms with Crippen molar-refractivity contribution in [3.05, 3.63) is 34.9 Å². The number of hydrogen-bond acceptors (Lipinski definition) is 1. The second-order valence-corrected chi connectivity index (χ2v) is 3.30. The molecule has 0 atom stereocenters. The third kappa shape index (κ3) is 3.66. The summed E-state index contributed by atoms with van der Waals surface area (Å²) in [4.78, 5) is 4.15. The van der Waals surface area contributed by atoms with Crippen molar-refractivity contribution in [3.63, 3.8) is 0 Å². The van der Waals surface area contributed by atoms with Crippen LogP contribution in [0.1, 0.15) is 12.5 Å². The molecule has 0 aliphatic carbocycles. The summed E-state index contributed by atoms with van der Waals surface area (Å²) in [6.07, 6.45) is 0. The fraction of sp³-hybridized carbons (Fsp3) is 0.300. The number of nitrogens with zero attached hydrogens (tertiary/aromatic N) is 1. The van der Waals surface area contributed by atoms with E-state index in [1.54, 1.807) is 0 Å². The first-order chi connectivity index (χ1) is 6.72. The number of halogens is 1. The van der Waals surface area contributed by atoms with Crippen LogP contribution in [-0.2, 0) is 6.54 Å². The zero-order valence-corrected chi connectivity index (χ0v) is 8.88. The second-order valence-electron chi connectivity index (χ2n) is 2.86. The maximum Gasteiger partial charge on any atom is 0.188 e. The van der Waals surface area contributed by atoms with Crippen molar-refractivity contribution in [1.29, 1.82) is 0 Å². The van der Waals surface area contributed by atoms with Gasteiger partial charge in [0.15, 0.2) is 5.96 Å². The lowest BCUT2D eigenvalue weighted by molar-refractivity contribution is 0.925. The highest BCUT2D eigenvalue weighted by Crippen LogP contribution is 2.11.